The maximum atomic E-state index is 6.41. The number of hydrogen-bond donors (Lipinski definition) is 0. The van der Waals surface area contributed by atoms with Gasteiger partial charge >= 0.3 is 0 Å². The summed E-state index contributed by atoms with van der Waals surface area (Å²) in [6.45, 7) is 0. The number of para-hydroxylation sites is 2. The molecule has 48 heavy (non-hydrogen) atoms. The highest BCUT2D eigenvalue weighted by atomic mass is 16.3. The molecule has 0 fully saturated rings. The minimum atomic E-state index is 0.513. The zero-order valence-corrected chi connectivity index (χ0v) is 25.5. The van der Waals surface area contributed by atoms with Gasteiger partial charge in [-0.25, -0.2) is 19.9 Å². The molecule has 0 amide bonds. The third-order valence-electron chi connectivity index (χ3n) is 9.01. The first kappa shape index (κ1) is 26.5. The zero-order chi connectivity index (χ0) is 31.6. The topological polar surface area (TPSA) is 77.8 Å². The molecule has 4 aromatic heterocycles. The van der Waals surface area contributed by atoms with Gasteiger partial charge in [0.25, 0.3) is 0 Å². The molecule has 0 saturated heterocycles. The molecule has 0 aliphatic carbocycles. The summed E-state index contributed by atoms with van der Waals surface area (Å²) < 4.78 is 12.6. The van der Waals surface area contributed by atoms with E-state index in [1.807, 2.05) is 66.7 Å². The number of aromatic nitrogens is 4. The van der Waals surface area contributed by atoms with Crippen LogP contribution in [0.5, 0.6) is 0 Å². The summed E-state index contributed by atoms with van der Waals surface area (Å²) in [5.41, 5.74) is 7.63. The molecule has 10 rings (SSSR count). The molecule has 10 aromatic rings. The number of benzene rings is 6. The predicted molar refractivity (Wildman–Crippen MR) is 191 cm³/mol. The van der Waals surface area contributed by atoms with Crippen molar-refractivity contribution in [1.82, 2.24) is 19.9 Å². The zero-order valence-electron chi connectivity index (χ0n) is 25.5. The molecule has 0 bridgehead atoms. The van der Waals surface area contributed by atoms with E-state index >= 15 is 0 Å². The lowest BCUT2D eigenvalue weighted by Crippen LogP contribution is -2.00. The van der Waals surface area contributed by atoms with Crippen LogP contribution in [0.15, 0.2) is 155 Å². The highest BCUT2D eigenvalue weighted by molar-refractivity contribution is 6.18. The fourth-order valence-corrected chi connectivity index (χ4v) is 6.67. The van der Waals surface area contributed by atoms with Crippen LogP contribution in [0.1, 0.15) is 0 Å². The Morgan fingerprint density at radius 2 is 1.10 bits per heavy atom. The van der Waals surface area contributed by atoms with Gasteiger partial charge in [-0.1, -0.05) is 115 Å². The minimum Gasteiger partial charge on any atom is -0.455 e. The SMILES string of the molecule is c1ccc(-c2ccc(-c3nc(-c4cnc5oc6ccc7ccccc7c6c5c4)nc(-c4cccc5c4oc4ccccc45)n3)cc2)cc1. The van der Waals surface area contributed by atoms with E-state index in [4.69, 9.17) is 28.8 Å². The number of nitrogens with zero attached hydrogens (tertiary/aromatic N) is 4. The Morgan fingerprint density at radius 1 is 0.417 bits per heavy atom. The molecule has 0 unspecified atom stereocenters. The second kappa shape index (κ2) is 10.4. The standard InChI is InChI=1S/C42H24N4O2/c1-2-9-25(10-3-1)26-17-19-28(20-18-26)39-44-40(46-41(45-39)33-15-8-14-32-31-13-6-7-16-35(31)47-38(32)33)29-23-34-37-30-12-5-4-11-27(30)21-22-36(37)48-42(34)43-24-29/h1-24H. The van der Waals surface area contributed by atoms with E-state index in [1.165, 1.54) is 0 Å². The smallest absolute Gasteiger partial charge is 0.227 e. The Kier molecular flexibility index (Phi) is 5.77. The van der Waals surface area contributed by atoms with E-state index in [0.29, 0.717) is 23.2 Å². The van der Waals surface area contributed by atoms with Crippen molar-refractivity contribution in [3.8, 4) is 45.3 Å². The summed E-state index contributed by atoms with van der Waals surface area (Å²) in [7, 11) is 0. The third-order valence-corrected chi connectivity index (χ3v) is 9.01. The van der Waals surface area contributed by atoms with E-state index in [1.54, 1.807) is 6.20 Å². The molecule has 0 atom stereocenters. The maximum Gasteiger partial charge on any atom is 0.227 e. The fraction of sp³-hybridized carbons (Fsp3) is 0. The van der Waals surface area contributed by atoms with Crippen molar-refractivity contribution < 1.29 is 8.83 Å². The molecule has 4 heterocycles. The molecule has 6 nitrogen and oxygen atoms in total. The van der Waals surface area contributed by atoms with Crippen molar-refractivity contribution in [2.75, 3.05) is 0 Å². The van der Waals surface area contributed by atoms with Crippen LogP contribution in [0.4, 0.5) is 0 Å². The summed E-state index contributed by atoms with van der Waals surface area (Å²) in [6.07, 6.45) is 1.77. The Hall–Kier alpha value is -6.66. The molecule has 0 N–H and O–H groups in total. The quantitative estimate of drug-likeness (QED) is 0.196. The highest BCUT2D eigenvalue weighted by Gasteiger charge is 2.19. The summed E-state index contributed by atoms with van der Waals surface area (Å²) in [6, 6.07) is 47.3. The minimum absolute atomic E-state index is 0.513. The number of rotatable bonds is 4. The van der Waals surface area contributed by atoms with Crippen molar-refractivity contribution in [3.63, 3.8) is 0 Å². The lowest BCUT2D eigenvalue weighted by molar-refractivity contribution is 0.654. The second-order valence-corrected chi connectivity index (χ2v) is 11.9. The molecule has 0 radical (unpaired) electrons. The molecule has 0 aliphatic heterocycles. The second-order valence-electron chi connectivity index (χ2n) is 11.9. The van der Waals surface area contributed by atoms with Gasteiger partial charge < -0.3 is 8.83 Å². The Balaban J connectivity index is 1.19. The van der Waals surface area contributed by atoms with Gasteiger partial charge in [0.1, 0.15) is 16.7 Å². The van der Waals surface area contributed by atoms with Crippen molar-refractivity contribution >= 4 is 54.8 Å². The number of furan rings is 2. The van der Waals surface area contributed by atoms with Crippen molar-refractivity contribution in [2.45, 2.75) is 0 Å². The Labute approximate surface area is 274 Å². The van der Waals surface area contributed by atoms with Crippen LogP contribution in [-0.2, 0) is 0 Å². The van der Waals surface area contributed by atoms with Gasteiger partial charge in [0.15, 0.2) is 17.5 Å². The van der Waals surface area contributed by atoms with E-state index in [-0.39, 0.29) is 0 Å². The van der Waals surface area contributed by atoms with Gasteiger partial charge in [-0.3, -0.25) is 0 Å². The van der Waals surface area contributed by atoms with Crippen molar-refractivity contribution in [3.05, 3.63) is 146 Å². The van der Waals surface area contributed by atoms with Crippen LogP contribution < -0.4 is 0 Å². The van der Waals surface area contributed by atoms with Crippen molar-refractivity contribution in [2.24, 2.45) is 0 Å². The summed E-state index contributed by atoms with van der Waals surface area (Å²) in [5, 5.41) is 6.25. The van der Waals surface area contributed by atoms with Crippen LogP contribution >= 0.6 is 0 Å². The van der Waals surface area contributed by atoms with E-state index in [0.717, 1.165) is 76.9 Å². The molecule has 224 valence electrons. The molecule has 0 saturated carbocycles. The van der Waals surface area contributed by atoms with Crippen LogP contribution in [-0.4, -0.2) is 19.9 Å². The van der Waals surface area contributed by atoms with Gasteiger partial charge in [0.05, 0.1) is 5.56 Å². The van der Waals surface area contributed by atoms with E-state index < -0.39 is 0 Å². The first-order valence-corrected chi connectivity index (χ1v) is 15.8. The Morgan fingerprint density at radius 3 is 1.98 bits per heavy atom. The number of fused-ring (bicyclic) bond motifs is 8. The normalized spacial score (nSPS) is 11.8. The first-order valence-electron chi connectivity index (χ1n) is 15.8. The number of pyridine rings is 1. The third kappa shape index (κ3) is 4.20. The summed E-state index contributed by atoms with van der Waals surface area (Å²) >= 11 is 0. The summed E-state index contributed by atoms with van der Waals surface area (Å²) in [5.74, 6) is 1.60. The van der Waals surface area contributed by atoms with Crippen molar-refractivity contribution in [1.29, 1.82) is 0 Å². The average molecular weight is 617 g/mol. The number of hydrogen-bond acceptors (Lipinski definition) is 6. The Bertz CT molecular complexity index is 2840. The molecule has 0 spiro atoms. The highest BCUT2D eigenvalue weighted by Crippen LogP contribution is 2.38. The predicted octanol–water partition coefficient (Wildman–Crippen LogP) is 10.9. The molecule has 6 heteroatoms. The largest absolute Gasteiger partial charge is 0.455 e. The molecular formula is C42H24N4O2. The lowest BCUT2D eigenvalue weighted by Gasteiger charge is -2.09. The van der Waals surface area contributed by atoms with Gasteiger partial charge in [-0.15, -0.1) is 0 Å². The van der Waals surface area contributed by atoms with Gasteiger partial charge in [0.2, 0.25) is 5.71 Å². The van der Waals surface area contributed by atoms with Crippen LogP contribution in [0, 0.1) is 0 Å². The van der Waals surface area contributed by atoms with Gasteiger partial charge in [-0.05, 0) is 46.2 Å². The van der Waals surface area contributed by atoms with Gasteiger partial charge in [-0.2, -0.15) is 0 Å². The first-order chi connectivity index (χ1) is 23.8. The van der Waals surface area contributed by atoms with Crippen LogP contribution in [0.3, 0.4) is 0 Å². The monoisotopic (exact) mass is 616 g/mol. The molecule has 6 aromatic carbocycles. The molecular weight excluding hydrogens is 592 g/mol. The van der Waals surface area contributed by atoms with Crippen LogP contribution in [0.2, 0.25) is 0 Å². The summed E-state index contributed by atoms with van der Waals surface area (Å²) in [4.78, 5) is 19.9. The van der Waals surface area contributed by atoms with E-state index in [2.05, 4.69) is 72.8 Å². The average Bonchev–Trinajstić information content (AvgIpc) is 3.73. The van der Waals surface area contributed by atoms with Crippen LogP contribution in [0.25, 0.3) is 100 Å². The fourth-order valence-electron chi connectivity index (χ4n) is 6.67. The van der Waals surface area contributed by atoms with E-state index in [9.17, 15) is 0 Å². The van der Waals surface area contributed by atoms with Gasteiger partial charge in [0, 0.05) is 38.9 Å². The lowest BCUT2D eigenvalue weighted by atomic mass is 10.0. The molecule has 0 aliphatic rings. The maximum absolute atomic E-state index is 6.41.